The maximum atomic E-state index is 12.7. The zero-order valence-electron chi connectivity index (χ0n) is 15.3. The van der Waals surface area contributed by atoms with Gasteiger partial charge in [0, 0.05) is 0 Å². The van der Waals surface area contributed by atoms with Crippen molar-refractivity contribution in [3.05, 3.63) is 59.5 Å². The van der Waals surface area contributed by atoms with Crippen LogP contribution in [0.5, 0.6) is 5.75 Å². The average molecular weight is 438 g/mol. The molecule has 0 bridgehead atoms. The van der Waals surface area contributed by atoms with Gasteiger partial charge in [0.05, 0.1) is 31.3 Å². The molecule has 0 fully saturated rings. The van der Waals surface area contributed by atoms with Crippen molar-refractivity contribution in [3.63, 3.8) is 0 Å². The fourth-order valence-electron chi connectivity index (χ4n) is 2.96. The number of nitrogens with zero attached hydrogens (tertiary/aromatic N) is 2. The van der Waals surface area contributed by atoms with Gasteiger partial charge in [0.15, 0.2) is 5.13 Å². The summed E-state index contributed by atoms with van der Waals surface area (Å²) < 4.78 is 7.75. The lowest BCUT2D eigenvalue weighted by Gasteiger charge is -2.02. The molecule has 0 atom stereocenters. The molecule has 3 aromatic heterocycles. The molecule has 3 heterocycles. The molecule has 0 unspecified atom stereocenters. The molecule has 0 aliphatic heterocycles. The van der Waals surface area contributed by atoms with Gasteiger partial charge < -0.3 is 4.74 Å². The highest BCUT2D eigenvalue weighted by Gasteiger charge is 2.16. The van der Waals surface area contributed by atoms with Gasteiger partial charge >= 0.3 is 0 Å². The van der Waals surface area contributed by atoms with E-state index in [-0.39, 0.29) is 5.91 Å². The number of amides is 1. The predicted octanol–water partition coefficient (Wildman–Crippen LogP) is 6.29. The fraction of sp³-hybridized carbons (Fsp3) is 0.0952. The number of nitrogens with one attached hydrogen (secondary N) is 1. The van der Waals surface area contributed by atoms with Crippen LogP contribution in [0, 0.1) is 0 Å². The highest BCUT2D eigenvalue weighted by Crippen LogP contribution is 2.36. The normalized spacial score (nSPS) is 11.2. The molecule has 5 rings (SSSR count). The number of hydrogen-bond acceptors (Lipinski definition) is 7. The monoisotopic (exact) mass is 437 g/mol. The summed E-state index contributed by atoms with van der Waals surface area (Å²) >= 11 is 4.50. The Morgan fingerprint density at radius 1 is 0.966 bits per heavy atom. The molecule has 29 heavy (non-hydrogen) atoms. The number of fused-ring (bicyclic) bond motifs is 2. The number of carbonyl (C=O) groups excluding carboxylic acids is 1. The van der Waals surface area contributed by atoms with Crippen LogP contribution in [0.1, 0.15) is 16.6 Å². The molecule has 1 N–H and O–H groups in total. The number of thiophene rings is 1. The minimum absolute atomic E-state index is 0.167. The van der Waals surface area contributed by atoms with E-state index in [0.717, 1.165) is 36.1 Å². The van der Waals surface area contributed by atoms with Crippen LogP contribution >= 0.6 is 34.0 Å². The first kappa shape index (κ1) is 18.2. The molecule has 0 spiro atoms. The Bertz CT molecular complexity index is 1300. The zero-order chi connectivity index (χ0) is 19.8. The highest BCUT2D eigenvalue weighted by molar-refractivity contribution is 7.26. The van der Waals surface area contributed by atoms with Crippen molar-refractivity contribution in [2.45, 2.75) is 6.92 Å². The van der Waals surface area contributed by atoms with Crippen molar-refractivity contribution in [2.24, 2.45) is 0 Å². The third-order valence-electron chi connectivity index (χ3n) is 4.24. The molecule has 1 amide bonds. The topological polar surface area (TPSA) is 64.1 Å². The number of carbonyl (C=O) groups is 1. The van der Waals surface area contributed by atoms with Gasteiger partial charge in [-0.15, -0.1) is 22.7 Å². The number of ether oxygens (including phenoxy) is 1. The van der Waals surface area contributed by atoms with E-state index in [9.17, 15) is 4.79 Å². The summed E-state index contributed by atoms with van der Waals surface area (Å²) in [7, 11) is 0. The predicted molar refractivity (Wildman–Crippen MR) is 122 cm³/mol. The second kappa shape index (κ2) is 7.55. The van der Waals surface area contributed by atoms with Gasteiger partial charge in [-0.1, -0.05) is 29.5 Å². The van der Waals surface area contributed by atoms with E-state index in [1.165, 1.54) is 22.7 Å². The van der Waals surface area contributed by atoms with Gasteiger partial charge in [0.25, 0.3) is 5.91 Å². The molecule has 0 saturated carbocycles. The van der Waals surface area contributed by atoms with Gasteiger partial charge in [-0.05, 0) is 43.3 Å². The first-order valence-electron chi connectivity index (χ1n) is 9.01. The largest absolute Gasteiger partial charge is 0.492 e. The summed E-state index contributed by atoms with van der Waals surface area (Å²) in [4.78, 5) is 23.6. The molecule has 0 radical (unpaired) electrons. The highest BCUT2D eigenvalue weighted by atomic mass is 32.1. The van der Waals surface area contributed by atoms with Crippen LogP contribution in [-0.4, -0.2) is 22.5 Å². The Hall–Kier alpha value is -2.81. The van der Waals surface area contributed by atoms with Crippen LogP contribution in [0.4, 0.5) is 5.13 Å². The number of para-hydroxylation sites is 2. The number of rotatable bonds is 5. The van der Waals surface area contributed by atoms with E-state index in [4.69, 9.17) is 4.74 Å². The van der Waals surface area contributed by atoms with Crippen LogP contribution < -0.4 is 10.1 Å². The van der Waals surface area contributed by atoms with Crippen LogP contribution in [0.3, 0.4) is 0 Å². The van der Waals surface area contributed by atoms with Crippen LogP contribution in [0.25, 0.3) is 30.3 Å². The van der Waals surface area contributed by atoms with Crippen molar-refractivity contribution in [1.82, 2.24) is 9.97 Å². The van der Waals surface area contributed by atoms with Crippen LogP contribution in [-0.2, 0) is 0 Å². The van der Waals surface area contributed by atoms with E-state index in [2.05, 4.69) is 21.4 Å². The minimum atomic E-state index is -0.167. The zero-order valence-corrected chi connectivity index (χ0v) is 17.8. The quantitative estimate of drug-likeness (QED) is 0.351. The van der Waals surface area contributed by atoms with Crippen LogP contribution in [0.2, 0.25) is 0 Å². The molecule has 5 nitrogen and oxygen atoms in total. The summed E-state index contributed by atoms with van der Waals surface area (Å²) in [5, 5.41) is 4.40. The standard InChI is InChI=1S/C21H15N3O2S3/c1-2-26-13-7-5-9-15-18(13)23-21(29-15)24-19(25)16-10-11-17(27-16)20-22-12-6-3-4-8-14(12)28-20/h3-11H,2H2,1H3,(H,23,24,25). The molecular weight excluding hydrogens is 422 g/mol. The smallest absolute Gasteiger partial charge is 0.267 e. The number of anilines is 1. The number of hydrogen-bond donors (Lipinski definition) is 1. The molecule has 0 aliphatic carbocycles. The number of aromatic nitrogens is 2. The molecular formula is C21H15N3O2S3. The SMILES string of the molecule is CCOc1cccc2sc(NC(=O)c3ccc(-c4nc5ccccc5s4)s3)nc12. The minimum Gasteiger partial charge on any atom is -0.492 e. The Labute approximate surface area is 178 Å². The van der Waals surface area contributed by atoms with E-state index < -0.39 is 0 Å². The van der Waals surface area contributed by atoms with Crippen LogP contribution in [0.15, 0.2) is 54.6 Å². The summed E-state index contributed by atoms with van der Waals surface area (Å²) in [6, 6.07) is 17.6. The molecule has 0 aliphatic rings. The van der Waals surface area contributed by atoms with Crippen molar-refractivity contribution < 1.29 is 9.53 Å². The summed E-state index contributed by atoms with van der Waals surface area (Å²) in [6.07, 6.45) is 0. The Morgan fingerprint density at radius 2 is 1.83 bits per heavy atom. The van der Waals surface area contributed by atoms with Crippen molar-refractivity contribution in [3.8, 4) is 15.6 Å². The maximum absolute atomic E-state index is 12.7. The fourth-order valence-corrected chi connectivity index (χ4v) is 5.76. The van der Waals surface area contributed by atoms with E-state index in [0.29, 0.717) is 16.6 Å². The van der Waals surface area contributed by atoms with E-state index in [1.807, 2.05) is 55.5 Å². The maximum Gasteiger partial charge on any atom is 0.267 e. The second-order valence-corrected chi connectivity index (χ2v) is 9.30. The summed E-state index contributed by atoms with van der Waals surface area (Å²) in [5.74, 6) is 0.565. The van der Waals surface area contributed by atoms with Gasteiger partial charge in [-0.3, -0.25) is 10.1 Å². The first-order chi connectivity index (χ1) is 14.2. The average Bonchev–Trinajstić information content (AvgIpc) is 3.45. The molecule has 2 aromatic carbocycles. The van der Waals surface area contributed by atoms with Gasteiger partial charge in [0.2, 0.25) is 0 Å². The third-order valence-corrected chi connectivity index (χ3v) is 7.46. The molecule has 5 aromatic rings. The van der Waals surface area contributed by atoms with Crippen molar-refractivity contribution in [1.29, 1.82) is 0 Å². The van der Waals surface area contributed by atoms with Gasteiger partial charge in [0.1, 0.15) is 16.3 Å². The number of thiazole rings is 2. The molecule has 144 valence electrons. The Morgan fingerprint density at radius 3 is 2.69 bits per heavy atom. The number of benzene rings is 2. The molecule has 0 saturated heterocycles. The summed E-state index contributed by atoms with van der Waals surface area (Å²) in [6.45, 7) is 2.51. The van der Waals surface area contributed by atoms with E-state index >= 15 is 0 Å². The van der Waals surface area contributed by atoms with Gasteiger partial charge in [-0.25, -0.2) is 9.97 Å². The second-order valence-electron chi connectivity index (χ2n) is 6.16. The van der Waals surface area contributed by atoms with Gasteiger partial charge in [-0.2, -0.15) is 0 Å². The Balaban J connectivity index is 1.39. The van der Waals surface area contributed by atoms with Crippen molar-refractivity contribution >= 4 is 65.5 Å². The van der Waals surface area contributed by atoms with Crippen molar-refractivity contribution in [2.75, 3.05) is 11.9 Å². The lowest BCUT2D eigenvalue weighted by molar-refractivity contribution is 0.103. The Kier molecular flexibility index (Phi) is 4.75. The first-order valence-corrected chi connectivity index (χ1v) is 11.5. The lowest BCUT2D eigenvalue weighted by Crippen LogP contribution is -2.09. The summed E-state index contributed by atoms with van der Waals surface area (Å²) in [5.41, 5.74) is 1.75. The third kappa shape index (κ3) is 3.50. The molecule has 8 heteroatoms. The lowest BCUT2D eigenvalue weighted by atomic mass is 10.3. The van der Waals surface area contributed by atoms with E-state index in [1.54, 1.807) is 11.3 Å².